The largest absolute Gasteiger partial charge is 0.398 e. The third-order valence-corrected chi connectivity index (χ3v) is 5.03. The lowest BCUT2D eigenvalue weighted by Gasteiger charge is -2.27. The first kappa shape index (κ1) is 25.0. The molecule has 1 aromatic rings. The summed E-state index contributed by atoms with van der Waals surface area (Å²) in [4.78, 5) is 13.6. The number of hydrogen-bond donors (Lipinski definition) is 3. The van der Waals surface area contributed by atoms with E-state index >= 15 is 0 Å². The van der Waals surface area contributed by atoms with Crippen LogP contribution < -0.4 is 16.8 Å². The maximum Gasteiger partial charge on any atom is 0.219 e. The summed E-state index contributed by atoms with van der Waals surface area (Å²) in [6.07, 6.45) is 9.63. The molecule has 1 aliphatic heterocycles. The Morgan fingerprint density at radius 2 is 1.97 bits per heavy atom. The third kappa shape index (κ3) is 6.89. The summed E-state index contributed by atoms with van der Waals surface area (Å²) < 4.78 is 14.4. The second-order valence-corrected chi connectivity index (χ2v) is 8.15. The summed E-state index contributed by atoms with van der Waals surface area (Å²) >= 11 is 6.03. The van der Waals surface area contributed by atoms with E-state index in [0.717, 1.165) is 16.8 Å². The topological polar surface area (TPSA) is 84.4 Å². The first-order chi connectivity index (χ1) is 15.1. The first-order valence-corrected chi connectivity index (χ1v) is 10.6. The zero-order valence-corrected chi connectivity index (χ0v) is 19.5. The molecule has 0 radical (unpaired) electrons. The van der Waals surface area contributed by atoms with Crippen LogP contribution in [0, 0.1) is 5.82 Å². The standard InChI is InChI=1S/C25H30ClFN4O/c1-5-7-20(12-16(2)3)30-24(14-23(28)21-13-19(26)9-10-22(21)27)25(29)18-8-6-11-31(15-18)17(4)32/h5,7-10,12-14,30H,1,6,11,15,28-29H2,2-4H3/b20-7+,23-14-,25-24+. The maximum atomic E-state index is 14.4. The van der Waals surface area contributed by atoms with Gasteiger partial charge in [0.05, 0.1) is 11.4 Å². The molecule has 0 saturated heterocycles. The van der Waals surface area contributed by atoms with Crippen molar-refractivity contribution in [3.8, 4) is 0 Å². The van der Waals surface area contributed by atoms with Gasteiger partial charge >= 0.3 is 0 Å². The first-order valence-electron chi connectivity index (χ1n) is 10.2. The van der Waals surface area contributed by atoms with Crippen molar-refractivity contribution in [1.29, 1.82) is 0 Å². The van der Waals surface area contributed by atoms with E-state index in [1.165, 1.54) is 25.1 Å². The molecule has 0 aromatic heterocycles. The number of carbonyl (C=O) groups excluding carboxylic acids is 1. The number of allylic oxidation sites excluding steroid dienone is 5. The fraction of sp³-hybridized carbons (Fsp3) is 0.240. The van der Waals surface area contributed by atoms with Gasteiger partial charge in [0.2, 0.25) is 5.91 Å². The summed E-state index contributed by atoms with van der Waals surface area (Å²) in [5, 5.41) is 3.64. The van der Waals surface area contributed by atoms with Gasteiger partial charge in [-0.1, -0.05) is 35.9 Å². The Balaban J connectivity index is 2.59. The van der Waals surface area contributed by atoms with Crippen molar-refractivity contribution in [3.63, 3.8) is 0 Å². The lowest BCUT2D eigenvalue weighted by molar-refractivity contribution is -0.128. The smallest absolute Gasteiger partial charge is 0.219 e. The molecule has 0 unspecified atom stereocenters. The highest BCUT2D eigenvalue weighted by Crippen LogP contribution is 2.23. The summed E-state index contributed by atoms with van der Waals surface area (Å²) in [6, 6.07) is 4.18. The molecule has 0 fully saturated rings. The molecule has 1 amide bonds. The zero-order chi connectivity index (χ0) is 23.8. The molecule has 7 heteroatoms. The minimum Gasteiger partial charge on any atom is -0.398 e. The summed E-state index contributed by atoms with van der Waals surface area (Å²) in [5.74, 6) is -0.516. The van der Waals surface area contributed by atoms with Crippen LogP contribution in [0.3, 0.4) is 0 Å². The lowest BCUT2D eigenvalue weighted by Crippen LogP contribution is -2.35. The van der Waals surface area contributed by atoms with Gasteiger partial charge in [-0.15, -0.1) is 0 Å². The summed E-state index contributed by atoms with van der Waals surface area (Å²) in [6.45, 7) is 10.2. The molecule has 5 N–H and O–H groups in total. The van der Waals surface area contributed by atoms with Gasteiger partial charge in [0.25, 0.3) is 0 Å². The Labute approximate surface area is 194 Å². The molecular formula is C25H30ClFN4O. The van der Waals surface area contributed by atoms with Crippen LogP contribution in [0.2, 0.25) is 5.02 Å². The molecule has 1 heterocycles. The predicted octanol–water partition coefficient (Wildman–Crippen LogP) is 4.75. The molecule has 1 aliphatic rings. The third-order valence-electron chi connectivity index (χ3n) is 4.79. The van der Waals surface area contributed by atoms with E-state index in [1.54, 1.807) is 23.1 Å². The normalized spacial score (nSPS) is 15.5. The van der Waals surface area contributed by atoms with Crippen molar-refractivity contribution in [2.75, 3.05) is 13.1 Å². The second-order valence-electron chi connectivity index (χ2n) is 7.71. The van der Waals surface area contributed by atoms with Crippen LogP contribution >= 0.6 is 11.6 Å². The number of halogens is 2. The number of nitrogens with one attached hydrogen (secondary N) is 1. The minimum absolute atomic E-state index is 0.0225. The number of amides is 1. The van der Waals surface area contributed by atoms with Crippen molar-refractivity contribution in [2.45, 2.75) is 27.2 Å². The Morgan fingerprint density at radius 3 is 2.59 bits per heavy atom. The average molecular weight is 457 g/mol. The molecule has 0 atom stereocenters. The van der Waals surface area contributed by atoms with Crippen LogP contribution in [0.25, 0.3) is 5.70 Å². The number of rotatable bonds is 7. The SMILES string of the molecule is C=C/C=C(\C=C(C)C)NC(/C=C(\N)c1cc(Cl)ccc1F)=C(/N)C1=CCCN(C(C)=O)C1. The molecule has 2 rings (SSSR count). The van der Waals surface area contributed by atoms with E-state index in [-0.39, 0.29) is 17.2 Å². The van der Waals surface area contributed by atoms with Crippen LogP contribution in [0.1, 0.15) is 32.8 Å². The van der Waals surface area contributed by atoms with Gasteiger partial charge < -0.3 is 21.7 Å². The molecule has 0 spiro atoms. The lowest BCUT2D eigenvalue weighted by atomic mass is 10.0. The maximum absolute atomic E-state index is 14.4. The second kappa shape index (κ2) is 11.4. The van der Waals surface area contributed by atoms with Crippen molar-refractivity contribution >= 4 is 23.2 Å². The quantitative estimate of drug-likeness (QED) is 0.517. The molecule has 0 saturated carbocycles. The van der Waals surface area contributed by atoms with Crippen LogP contribution in [0.5, 0.6) is 0 Å². The summed E-state index contributed by atoms with van der Waals surface area (Å²) in [7, 11) is 0. The van der Waals surface area contributed by atoms with Crippen LogP contribution in [-0.2, 0) is 4.79 Å². The number of hydrogen-bond acceptors (Lipinski definition) is 4. The molecule has 5 nitrogen and oxygen atoms in total. The van der Waals surface area contributed by atoms with Crippen LogP contribution in [0.4, 0.5) is 4.39 Å². The van der Waals surface area contributed by atoms with Gasteiger partial charge in [0.15, 0.2) is 0 Å². The van der Waals surface area contributed by atoms with Crippen molar-refractivity contribution < 1.29 is 9.18 Å². The Bertz CT molecular complexity index is 1050. The molecule has 0 aliphatic carbocycles. The Kier molecular flexibility index (Phi) is 8.91. The van der Waals surface area contributed by atoms with Crippen LogP contribution in [-0.4, -0.2) is 23.9 Å². The molecule has 1 aromatic carbocycles. The molecule has 0 bridgehead atoms. The van der Waals surface area contributed by atoms with Crippen LogP contribution in [0.15, 0.2) is 83.4 Å². The number of nitrogens with zero attached hydrogens (tertiary/aromatic N) is 1. The Morgan fingerprint density at radius 1 is 1.25 bits per heavy atom. The molecule has 32 heavy (non-hydrogen) atoms. The fourth-order valence-corrected chi connectivity index (χ4v) is 3.41. The van der Waals surface area contributed by atoms with Crippen molar-refractivity contribution in [3.05, 3.63) is 99.8 Å². The number of benzene rings is 1. The van der Waals surface area contributed by atoms with E-state index in [1.807, 2.05) is 26.0 Å². The zero-order valence-electron chi connectivity index (χ0n) is 18.7. The van der Waals surface area contributed by atoms with Gasteiger partial charge in [0, 0.05) is 42.0 Å². The highest BCUT2D eigenvalue weighted by molar-refractivity contribution is 6.30. The van der Waals surface area contributed by atoms with E-state index in [2.05, 4.69) is 11.9 Å². The number of carbonyl (C=O) groups is 1. The predicted molar refractivity (Wildman–Crippen MR) is 131 cm³/mol. The Hall–Kier alpha value is -3.25. The van der Waals surface area contributed by atoms with Crippen molar-refractivity contribution in [2.24, 2.45) is 11.5 Å². The van der Waals surface area contributed by atoms with Gasteiger partial charge in [0.1, 0.15) is 5.82 Å². The van der Waals surface area contributed by atoms with Gasteiger partial charge in [-0.05, 0) is 62.3 Å². The highest BCUT2D eigenvalue weighted by Gasteiger charge is 2.19. The van der Waals surface area contributed by atoms with Crippen molar-refractivity contribution in [1.82, 2.24) is 10.2 Å². The van der Waals surface area contributed by atoms with Gasteiger partial charge in [-0.25, -0.2) is 4.39 Å². The molecular weight excluding hydrogens is 427 g/mol. The average Bonchev–Trinajstić information content (AvgIpc) is 2.74. The van der Waals surface area contributed by atoms with E-state index in [0.29, 0.717) is 35.9 Å². The highest BCUT2D eigenvalue weighted by atomic mass is 35.5. The number of nitrogens with two attached hydrogens (primary N) is 2. The molecule has 170 valence electrons. The fourth-order valence-electron chi connectivity index (χ4n) is 3.23. The van der Waals surface area contributed by atoms with Gasteiger partial charge in [-0.3, -0.25) is 4.79 Å². The van der Waals surface area contributed by atoms with E-state index < -0.39 is 5.82 Å². The van der Waals surface area contributed by atoms with E-state index in [9.17, 15) is 9.18 Å². The minimum atomic E-state index is -0.494. The summed E-state index contributed by atoms with van der Waals surface area (Å²) in [5.41, 5.74) is 16.6. The van der Waals surface area contributed by atoms with E-state index in [4.69, 9.17) is 23.1 Å². The monoisotopic (exact) mass is 456 g/mol. The van der Waals surface area contributed by atoms with Gasteiger partial charge in [-0.2, -0.15) is 0 Å².